The number of aryl methyl sites for hydroxylation is 2. The number of carbonyl (C=O) groups is 1. The minimum atomic E-state index is -0.187. The van der Waals surface area contributed by atoms with E-state index >= 15 is 0 Å². The third-order valence-corrected chi connectivity index (χ3v) is 4.25. The van der Waals surface area contributed by atoms with Gasteiger partial charge in [-0.25, -0.2) is 4.98 Å². The smallest absolute Gasteiger partial charge is 0.272 e. The first kappa shape index (κ1) is 18.6. The van der Waals surface area contributed by atoms with E-state index in [4.69, 9.17) is 4.74 Å². The van der Waals surface area contributed by atoms with E-state index in [9.17, 15) is 9.59 Å². The van der Waals surface area contributed by atoms with E-state index in [1.54, 1.807) is 36.7 Å². The first-order valence-electron chi connectivity index (χ1n) is 8.86. The molecule has 2 aromatic carbocycles. The molecule has 0 saturated carbocycles. The first-order valence-corrected chi connectivity index (χ1v) is 8.86. The van der Waals surface area contributed by atoms with E-state index in [-0.39, 0.29) is 17.6 Å². The highest BCUT2D eigenvalue weighted by molar-refractivity contribution is 5.97. The number of aromatic nitrogens is 2. The van der Waals surface area contributed by atoms with Gasteiger partial charge in [-0.15, -0.1) is 0 Å². The zero-order chi connectivity index (χ0) is 19.6. The second-order valence-electron chi connectivity index (χ2n) is 6.76. The molecule has 0 unspecified atom stereocenters. The van der Waals surface area contributed by atoms with Crippen LogP contribution in [0.4, 0.5) is 0 Å². The summed E-state index contributed by atoms with van der Waals surface area (Å²) in [7, 11) is 1.70. The lowest BCUT2D eigenvalue weighted by Gasteiger charge is -2.11. The topological polar surface area (TPSA) is 73.2 Å². The fourth-order valence-corrected chi connectivity index (χ4v) is 2.86. The molecule has 0 spiro atoms. The summed E-state index contributed by atoms with van der Waals surface area (Å²) in [5.41, 5.74) is 3.08. The van der Waals surface area contributed by atoms with Crippen molar-refractivity contribution in [2.45, 2.75) is 33.4 Å². The van der Waals surface area contributed by atoms with Gasteiger partial charge in [0.2, 0.25) is 0 Å². The van der Waals surface area contributed by atoms with Crippen LogP contribution in [0, 0.1) is 6.92 Å². The molecule has 3 rings (SSSR count). The van der Waals surface area contributed by atoms with E-state index in [2.05, 4.69) is 10.3 Å². The van der Waals surface area contributed by atoms with Gasteiger partial charge in [0.05, 0.1) is 17.1 Å². The Hall–Kier alpha value is -3.15. The Balaban J connectivity index is 1.72. The van der Waals surface area contributed by atoms with Crippen LogP contribution in [0.2, 0.25) is 0 Å². The lowest BCUT2D eigenvalue weighted by atomic mass is 10.1. The molecule has 140 valence electrons. The zero-order valence-electron chi connectivity index (χ0n) is 15.9. The van der Waals surface area contributed by atoms with Gasteiger partial charge in [0.1, 0.15) is 11.4 Å². The highest BCUT2D eigenvalue weighted by Gasteiger charge is 2.10. The number of nitrogens with zero attached hydrogens (tertiary/aromatic N) is 2. The molecule has 0 radical (unpaired) electrons. The van der Waals surface area contributed by atoms with Gasteiger partial charge in [0.15, 0.2) is 0 Å². The molecule has 0 bridgehead atoms. The number of amides is 1. The van der Waals surface area contributed by atoms with Crippen LogP contribution in [-0.2, 0) is 13.6 Å². The van der Waals surface area contributed by atoms with Gasteiger partial charge in [-0.3, -0.25) is 9.59 Å². The Kier molecular flexibility index (Phi) is 5.26. The molecular formula is C21H23N3O3. The summed E-state index contributed by atoms with van der Waals surface area (Å²) in [6, 6.07) is 12.8. The average molecular weight is 365 g/mol. The molecule has 6 heteroatoms. The lowest BCUT2D eigenvalue weighted by molar-refractivity contribution is 0.0951. The van der Waals surface area contributed by atoms with Crippen molar-refractivity contribution in [3.63, 3.8) is 0 Å². The van der Waals surface area contributed by atoms with Crippen LogP contribution >= 0.6 is 0 Å². The van der Waals surface area contributed by atoms with Crippen molar-refractivity contribution < 1.29 is 9.53 Å². The minimum absolute atomic E-state index is 0.125. The van der Waals surface area contributed by atoms with Crippen LogP contribution in [0.25, 0.3) is 11.0 Å². The number of hydrogen-bond acceptors (Lipinski definition) is 4. The number of fused-ring (bicyclic) bond motifs is 1. The molecule has 0 aliphatic heterocycles. The van der Waals surface area contributed by atoms with Crippen molar-refractivity contribution in [3.05, 3.63) is 69.6 Å². The number of nitrogens with one attached hydrogen (secondary N) is 1. The summed E-state index contributed by atoms with van der Waals surface area (Å²) in [5.74, 6) is 0.620. The van der Waals surface area contributed by atoms with E-state index in [0.29, 0.717) is 28.8 Å². The van der Waals surface area contributed by atoms with Gasteiger partial charge in [-0.1, -0.05) is 12.1 Å². The molecule has 0 aliphatic rings. The maximum absolute atomic E-state index is 12.5. The Bertz CT molecular complexity index is 1040. The van der Waals surface area contributed by atoms with Crippen molar-refractivity contribution in [1.29, 1.82) is 0 Å². The van der Waals surface area contributed by atoms with Crippen LogP contribution < -0.4 is 15.6 Å². The van der Waals surface area contributed by atoms with Crippen molar-refractivity contribution in [2.24, 2.45) is 7.05 Å². The van der Waals surface area contributed by atoms with Gasteiger partial charge < -0.3 is 14.6 Å². The third-order valence-electron chi connectivity index (χ3n) is 4.25. The maximum Gasteiger partial charge on any atom is 0.272 e. The molecule has 0 aliphatic carbocycles. The Morgan fingerprint density at radius 2 is 1.89 bits per heavy atom. The molecule has 6 nitrogen and oxygen atoms in total. The largest absolute Gasteiger partial charge is 0.491 e. The quantitative estimate of drug-likeness (QED) is 0.754. The van der Waals surface area contributed by atoms with Crippen LogP contribution in [0.3, 0.4) is 0 Å². The molecule has 1 amide bonds. The Labute approximate surface area is 157 Å². The van der Waals surface area contributed by atoms with Crippen molar-refractivity contribution in [1.82, 2.24) is 14.9 Å². The molecule has 27 heavy (non-hydrogen) atoms. The maximum atomic E-state index is 12.5. The summed E-state index contributed by atoms with van der Waals surface area (Å²) in [6.45, 7) is 6.04. The lowest BCUT2D eigenvalue weighted by Crippen LogP contribution is -2.24. The normalized spacial score (nSPS) is 11.0. The average Bonchev–Trinajstić information content (AvgIpc) is 2.64. The minimum Gasteiger partial charge on any atom is -0.491 e. The van der Waals surface area contributed by atoms with Gasteiger partial charge in [-0.05, 0) is 56.7 Å². The molecule has 0 saturated heterocycles. The molecule has 3 aromatic rings. The second-order valence-corrected chi connectivity index (χ2v) is 6.76. The fourth-order valence-electron chi connectivity index (χ4n) is 2.86. The van der Waals surface area contributed by atoms with Crippen molar-refractivity contribution in [3.8, 4) is 5.75 Å². The van der Waals surface area contributed by atoms with E-state index in [1.807, 2.05) is 38.1 Å². The first-order chi connectivity index (χ1) is 12.8. The van der Waals surface area contributed by atoms with Crippen molar-refractivity contribution >= 4 is 16.9 Å². The van der Waals surface area contributed by atoms with Gasteiger partial charge in [0, 0.05) is 19.2 Å². The van der Waals surface area contributed by atoms with Crippen LogP contribution in [0.5, 0.6) is 5.75 Å². The highest BCUT2D eigenvalue weighted by atomic mass is 16.5. The van der Waals surface area contributed by atoms with E-state index < -0.39 is 0 Å². The number of carbonyl (C=O) groups excluding carboxylic acids is 1. The third kappa shape index (κ3) is 4.16. The monoisotopic (exact) mass is 365 g/mol. The standard InChI is InChI=1S/C21H23N3O3/c1-13(2)27-17-8-5-15(6-9-17)12-22-20(25)16-7-10-19-18(11-16)23-14(3)21(26)24(19)4/h5-11,13H,12H2,1-4H3,(H,22,25). The van der Waals surface area contributed by atoms with E-state index in [0.717, 1.165) is 11.3 Å². The van der Waals surface area contributed by atoms with Crippen molar-refractivity contribution in [2.75, 3.05) is 0 Å². The highest BCUT2D eigenvalue weighted by Crippen LogP contribution is 2.15. The molecule has 0 atom stereocenters. The molecule has 1 aromatic heterocycles. The summed E-state index contributed by atoms with van der Waals surface area (Å²) in [5, 5.41) is 2.90. The predicted octanol–water partition coefficient (Wildman–Crippen LogP) is 2.96. The zero-order valence-corrected chi connectivity index (χ0v) is 15.9. The Morgan fingerprint density at radius 1 is 1.19 bits per heavy atom. The number of ether oxygens (including phenoxy) is 1. The van der Waals surface area contributed by atoms with Crippen LogP contribution in [0.1, 0.15) is 35.5 Å². The summed E-state index contributed by atoms with van der Waals surface area (Å²) >= 11 is 0. The molecule has 0 fully saturated rings. The van der Waals surface area contributed by atoms with Gasteiger partial charge in [0.25, 0.3) is 11.5 Å². The predicted molar refractivity (Wildman–Crippen MR) is 105 cm³/mol. The van der Waals surface area contributed by atoms with Crippen LogP contribution in [0.15, 0.2) is 47.3 Å². The molecular weight excluding hydrogens is 342 g/mol. The number of rotatable bonds is 5. The Morgan fingerprint density at radius 3 is 2.56 bits per heavy atom. The van der Waals surface area contributed by atoms with Gasteiger partial charge >= 0.3 is 0 Å². The summed E-state index contributed by atoms with van der Waals surface area (Å²) < 4.78 is 7.16. The van der Waals surface area contributed by atoms with E-state index in [1.165, 1.54) is 0 Å². The number of benzene rings is 2. The SMILES string of the molecule is Cc1nc2cc(C(=O)NCc3ccc(OC(C)C)cc3)ccc2n(C)c1=O. The van der Waals surface area contributed by atoms with Gasteiger partial charge in [-0.2, -0.15) is 0 Å². The molecule has 1 heterocycles. The summed E-state index contributed by atoms with van der Waals surface area (Å²) in [4.78, 5) is 28.7. The number of hydrogen-bond donors (Lipinski definition) is 1. The summed E-state index contributed by atoms with van der Waals surface area (Å²) in [6.07, 6.45) is 0.125. The fraction of sp³-hybridized carbons (Fsp3) is 0.286. The second kappa shape index (κ2) is 7.61. The van der Waals surface area contributed by atoms with Crippen LogP contribution in [-0.4, -0.2) is 21.6 Å². The molecule has 1 N–H and O–H groups in total.